The van der Waals surface area contributed by atoms with Crippen LogP contribution in [0.2, 0.25) is 0 Å². The Kier molecular flexibility index (Phi) is 5.15. The summed E-state index contributed by atoms with van der Waals surface area (Å²) < 4.78 is 5.35. The van der Waals surface area contributed by atoms with Crippen LogP contribution in [0.4, 0.5) is 5.69 Å². The van der Waals surface area contributed by atoms with E-state index in [0.717, 1.165) is 19.4 Å². The Hall–Kier alpha value is -2.21. The number of benzene rings is 1. The van der Waals surface area contributed by atoms with Crippen LogP contribution in [0.3, 0.4) is 0 Å². The van der Waals surface area contributed by atoms with E-state index in [1.165, 1.54) is 6.07 Å². The largest absolute Gasteiger partial charge is 0.456 e. The van der Waals surface area contributed by atoms with Crippen molar-refractivity contribution in [3.8, 4) is 0 Å². The first-order valence-electron chi connectivity index (χ1n) is 7.67. The molecule has 1 aromatic rings. The molecule has 23 heavy (non-hydrogen) atoms. The van der Waals surface area contributed by atoms with Crippen molar-refractivity contribution in [3.05, 3.63) is 29.3 Å². The van der Waals surface area contributed by atoms with Crippen molar-refractivity contribution >= 4 is 23.9 Å². The number of nitrogens with one attached hydrogen (secondary N) is 2. The molecule has 2 rings (SSSR count). The lowest BCUT2D eigenvalue weighted by molar-refractivity contribution is -0.117. The molecule has 1 atom stereocenters. The van der Waals surface area contributed by atoms with Gasteiger partial charge in [0, 0.05) is 5.56 Å². The molecule has 0 spiro atoms. The number of amides is 1. The lowest BCUT2D eigenvalue weighted by Gasteiger charge is -2.21. The molecule has 0 aromatic heterocycles. The maximum absolute atomic E-state index is 12.4. The lowest BCUT2D eigenvalue weighted by Crippen LogP contribution is -2.36. The highest BCUT2D eigenvalue weighted by Gasteiger charge is 2.26. The molecule has 1 fully saturated rings. The minimum Gasteiger partial charge on any atom is -0.456 e. The van der Waals surface area contributed by atoms with Gasteiger partial charge >= 0.3 is 5.97 Å². The van der Waals surface area contributed by atoms with Crippen LogP contribution in [-0.2, 0) is 9.53 Å². The third-order valence-electron chi connectivity index (χ3n) is 3.46. The van der Waals surface area contributed by atoms with Crippen molar-refractivity contribution in [2.75, 3.05) is 11.9 Å². The second-order valence-corrected chi connectivity index (χ2v) is 6.53. The Labute approximate surface area is 135 Å². The summed E-state index contributed by atoms with van der Waals surface area (Å²) in [7, 11) is 0. The second kappa shape index (κ2) is 6.91. The number of hydrogen-bond donors (Lipinski definition) is 2. The molecule has 1 aliphatic rings. The molecule has 1 saturated heterocycles. The van der Waals surface area contributed by atoms with Gasteiger partial charge in [0.2, 0.25) is 5.91 Å². The Morgan fingerprint density at radius 1 is 1.35 bits per heavy atom. The van der Waals surface area contributed by atoms with E-state index in [1.54, 1.807) is 32.9 Å². The molecule has 6 heteroatoms. The number of carbonyl (C=O) groups excluding carboxylic acids is 3. The van der Waals surface area contributed by atoms with Gasteiger partial charge in [-0.15, -0.1) is 0 Å². The molecule has 1 amide bonds. The average Bonchev–Trinajstić information content (AvgIpc) is 2.99. The van der Waals surface area contributed by atoms with Gasteiger partial charge < -0.3 is 15.4 Å². The smallest absolute Gasteiger partial charge is 0.341 e. The summed E-state index contributed by atoms with van der Waals surface area (Å²) in [5.41, 5.74) is -0.121. The number of aldehydes is 1. The van der Waals surface area contributed by atoms with E-state index in [9.17, 15) is 14.4 Å². The van der Waals surface area contributed by atoms with Crippen molar-refractivity contribution in [1.82, 2.24) is 5.32 Å². The van der Waals surface area contributed by atoms with Crippen LogP contribution in [-0.4, -0.2) is 36.4 Å². The van der Waals surface area contributed by atoms with E-state index in [4.69, 9.17) is 4.74 Å². The van der Waals surface area contributed by atoms with Gasteiger partial charge in [0.05, 0.1) is 17.3 Å². The van der Waals surface area contributed by atoms with E-state index < -0.39 is 11.6 Å². The summed E-state index contributed by atoms with van der Waals surface area (Å²) in [6, 6.07) is 4.46. The monoisotopic (exact) mass is 318 g/mol. The molecular formula is C17H22N2O4. The normalized spacial score (nSPS) is 17.6. The maximum Gasteiger partial charge on any atom is 0.341 e. The van der Waals surface area contributed by atoms with Gasteiger partial charge in [-0.05, 0) is 46.2 Å². The predicted octanol–water partition coefficient (Wildman–Crippen LogP) is 2.14. The Balaban J connectivity index is 2.29. The van der Waals surface area contributed by atoms with Gasteiger partial charge in [0.15, 0.2) is 6.29 Å². The molecule has 0 bridgehead atoms. The Morgan fingerprint density at radius 3 is 2.65 bits per heavy atom. The first kappa shape index (κ1) is 17.1. The topological polar surface area (TPSA) is 84.5 Å². The highest BCUT2D eigenvalue weighted by molar-refractivity contribution is 6.07. The van der Waals surface area contributed by atoms with Crippen molar-refractivity contribution in [2.24, 2.45) is 0 Å². The summed E-state index contributed by atoms with van der Waals surface area (Å²) in [6.07, 6.45) is 2.27. The fourth-order valence-electron chi connectivity index (χ4n) is 2.46. The third kappa shape index (κ3) is 4.39. The molecule has 0 unspecified atom stereocenters. The van der Waals surface area contributed by atoms with E-state index in [2.05, 4.69) is 10.6 Å². The molecule has 1 aliphatic heterocycles. The van der Waals surface area contributed by atoms with Crippen LogP contribution < -0.4 is 10.6 Å². The van der Waals surface area contributed by atoms with E-state index >= 15 is 0 Å². The summed E-state index contributed by atoms with van der Waals surface area (Å²) in [5, 5.41) is 5.83. The fourth-order valence-corrected chi connectivity index (χ4v) is 2.46. The zero-order chi connectivity index (χ0) is 17.0. The predicted molar refractivity (Wildman–Crippen MR) is 86.7 cm³/mol. The fraction of sp³-hybridized carbons (Fsp3) is 0.471. The standard InChI is InChI=1S/C17H22N2O4/c1-17(2,3)23-16(22)14-11(10-20)6-4-7-12(14)19-15(21)13-8-5-9-18-13/h4,6-7,10,13,18H,5,8-9H2,1-3H3,(H,19,21)/t13-/m0/s1. The molecule has 2 N–H and O–H groups in total. The quantitative estimate of drug-likeness (QED) is 0.656. The minimum atomic E-state index is -0.693. The summed E-state index contributed by atoms with van der Waals surface area (Å²) >= 11 is 0. The number of carbonyl (C=O) groups is 3. The summed E-state index contributed by atoms with van der Waals surface area (Å²) in [4.78, 5) is 35.9. The summed E-state index contributed by atoms with van der Waals surface area (Å²) in [5.74, 6) is -0.842. The SMILES string of the molecule is CC(C)(C)OC(=O)c1c(C=O)cccc1NC(=O)[C@@H]1CCCN1. The van der Waals surface area contributed by atoms with E-state index in [-0.39, 0.29) is 23.1 Å². The lowest BCUT2D eigenvalue weighted by atomic mass is 10.0. The molecular weight excluding hydrogens is 296 g/mol. The van der Waals surface area contributed by atoms with Crippen LogP contribution in [0.1, 0.15) is 54.3 Å². The molecule has 6 nitrogen and oxygen atoms in total. The van der Waals surface area contributed by atoms with Gasteiger partial charge in [-0.25, -0.2) is 4.79 Å². The van der Waals surface area contributed by atoms with Gasteiger partial charge in [-0.2, -0.15) is 0 Å². The number of ether oxygens (including phenoxy) is 1. The molecule has 124 valence electrons. The maximum atomic E-state index is 12.4. The zero-order valence-corrected chi connectivity index (χ0v) is 13.6. The molecule has 0 aliphatic carbocycles. The molecule has 1 aromatic carbocycles. The Morgan fingerprint density at radius 2 is 2.09 bits per heavy atom. The van der Waals surface area contributed by atoms with Crippen LogP contribution in [0.15, 0.2) is 18.2 Å². The molecule has 0 radical (unpaired) electrons. The third-order valence-corrected chi connectivity index (χ3v) is 3.46. The first-order valence-corrected chi connectivity index (χ1v) is 7.67. The van der Waals surface area contributed by atoms with Crippen LogP contribution >= 0.6 is 0 Å². The van der Waals surface area contributed by atoms with Crippen LogP contribution in [0, 0.1) is 0 Å². The summed E-state index contributed by atoms with van der Waals surface area (Å²) in [6.45, 7) is 6.03. The van der Waals surface area contributed by atoms with Crippen LogP contribution in [0.5, 0.6) is 0 Å². The minimum absolute atomic E-state index is 0.0868. The zero-order valence-electron chi connectivity index (χ0n) is 13.6. The van der Waals surface area contributed by atoms with Crippen molar-refractivity contribution in [2.45, 2.75) is 45.3 Å². The van der Waals surface area contributed by atoms with Crippen molar-refractivity contribution in [3.63, 3.8) is 0 Å². The number of anilines is 1. The van der Waals surface area contributed by atoms with Gasteiger partial charge in [-0.3, -0.25) is 9.59 Å². The first-order chi connectivity index (χ1) is 10.8. The number of esters is 1. The molecule has 0 saturated carbocycles. The van der Waals surface area contributed by atoms with Crippen molar-refractivity contribution < 1.29 is 19.1 Å². The average molecular weight is 318 g/mol. The van der Waals surface area contributed by atoms with E-state index in [1.807, 2.05) is 0 Å². The van der Waals surface area contributed by atoms with Crippen molar-refractivity contribution in [1.29, 1.82) is 0 Å². The van der Waals surface area contributed by atoms with Gasteiger partial charge in [0.1, 0.15) is 5.60 Å². The van der Waals surface area contributed by atoms with Gasteiger partial charge in [0.25, 0.3) is 0 Å². The molecule has 1 heterocycles. The van der Waals surface area contributed by atoms with Crippen LogP contribution in [0.25, 0.3) is 0 Å². The second-order valence-electron chi connectivity index (χ2n) is 6.53. The van der Waals surface area contributed by atoms with E-state index in [0.29, 0.717) is 12.0 Å². The highest BCUT2D eigenvalue weighted by Crippen LogP contribution is 2.23. The number of rotatable bonds is 4. The van der Waals surface area contributed by atoms with Gasteiger partial charge in [-0.1, -0.05) is 12.1 Å². The Bertz CT molecular complexity index is 614. The highest BCUT2D eigenvalue weighted by atomic mass is 16.6. The number of hydrogen-bond acceptors (Lipinski definition) is 5.